The van der Waals surface area contributed by atoms with Crippen LogP contribution in [-0.4, -0.2) is 17.1 Å². The van der Waals surface area contributed by atoms with Gasteiger partial charge in [-0.05, 0) is 38.0 Å². The van der Waals surface area contributed by atoms with E-state index in [4.69, 9.17) is 4.42 Å². The van der Waals surface area contributed by atoms with Crippen LogP contribution in [0.25, 0.3) is 0 Å². The number of aromatic nitrogens is 1. The van der Waals surface area contributed by atoms with Gasteiger partial charge in [0.2, 0.25) is 0 Å². The van der Waals surface area contributed by atoms with Gasteiger partial charge in [0.05, 0.1) is 6.54 Å². The number of nitrogens with zero attached hydrogens (tertiary/aromatic N) is 1. The molecule has 2 N–H and O–H groups in total. The zero-order chi connectivity index (χ0) is 13.9. The van der Waals surface area contributed by atoms with Crippen LogP contribution in [0.15, 0.2) is 10.8 Å². The van der Waals surface area contributed by atoms with E-state index in [2.05, 4.69) is 29.5 Å². The van der Waals surface area contributed by atoms with Gasteiger partial charge in [-0.1, -0.05) is 13.8 Å². The molecule has 106 valence electrons. The first kappa shape index (κ1) is 13.9. The number of hydrogen-bond acceptors (Lipinski definition) is 3. The van der Waals surface area contributed by atoms with Gasteiger partial charge in [0, 0.05) is 6.04 Å². The van der Waals surface area contributed by atoms with Crippen LogP contribution in [0.1, 0.15) is 51.0 Å². The number of carbonyl (C=O) groups is 1. The van der Waals surface area contributed by atoms with Crippen molar-refractivity contribution in [2.24, 2.45) is 5.41 Å². The third kappa shape index (κ3) is 3.98. The van der Waals surface area contributed by atoms with Crippen molar-refractivity contribution in [2.45, 2.75) is 59.0 Å². The number of aryl methyl sites for hydroxylation is 1. The van der Waals surface area contributed by atoms with Crippen molar-refractivity contribution in [1.29, 1.82) is 0 Å². The normalized spacial score (nSPS) is 19.1. The Morgan fingerprint density at radius 2 is 2.16 bits per heavy atom. The Labute approximate surface area is 114 Å². The second-order valence-corrected chi connectivity index (χ2v) is 6.12. The van der Waals surface area contributed by atoms with Crippen LogP contribution in [0.5, 0.6) is 0 Å². The van der Waals surface area contributed by atoms with Gasteiger partial charge in [-0.15, -0.1) is 0 Å². The van der Waals surface area contributed by atoms with Crippen molar-refractivity contribution in [3.8, 4) is 0 Å². The average molecular weight is 265 g/mol. The van der Waals surface area contributed by atoms with Gasteiger partial charge in [-0.2, -0.15) is 0 Å². The molecule has 0 unspecified atom stereocenters. The second-order valence-electron chi connectivity index (χ2n) is 6.12. The summed E-state index contributed by atoms with van der Waals surface area (Å²) in [7, 11) is 0. The van der Waals surface area contributed by atoms with Crippen LogP contribution in [0.4, 0.5) is 4.79 Å². The Hall–Kier alpha value is -1.52. The summed E-state index contributed by atoms with van der Waals surface area (Å²) in [6.45, 7) is 6.82. The van der Waals surface area contributed by atoms with Crippen molar-refractivity contribution in [2.75, 3.05) is 0 Å². The topological polar surface area (TPSA) is 67.2 Å². The molecule has 5 heteroatoms. The van der Waals surface area contributed by atoms with E-state index in [1.807, 2.05) is 6.92 Å². The SMILES string of the molecule is Cc1ocnc1CNC(=O)NC1CCC(C)(C)CC1. The summed E-state index contributed by atoms with van der Waals surface area (Å²) < 4.78 is 5.09. The maximum absolute atomic E-state index is 11.8. The molecule has 0 spiro atoms. The van der Waals surface area contributed by atoms with Crippen LogP contribution in [0, 0.1) is 12.3 Å². The lowest BCUT2D eigenvalue weighted by Gasteiger charge is -2.34. The molecule has 1 aromatic heterocycles. The predicted molar refractivity (Wildman–Crippen MR) is 72.6 cm³/mol. The predicted octanol–water partition coefficient (Wildman–Crippen LogP) is 2.75. The van der Waals surface area contributed by atoms with Gasteiger partial charge in [-0.3, -0.25) is 0 Å². The fraction of sp³-hybridized carbons (Fsp3) is 0.714. The van der Waals surface area contributed by atoms with E-state index in [9.17, 15) is 4.79 Å². The minimum Gasteiger partial charge on any atom is -0.448 e. The molecule has 2 rings (SSSR count). The highest BCUT2D eigenvalue weighted by Gasteiger charge is 2.27. The fourth-order valence-electron chi connectivity index (χ4n) is 2.44. The lowest BCUT2D eigenvalue weighted by atomic mass is 9.76. The lowest BCUT2D eigenvalue weighted by Crippen LogP contribution is -2.44. The Morgan fingerprint density at radius 1 is 1.47 bits per heavy atom. The Bertz CT molecular complexity index is 430. The molecule has 19 heavy (non-hydrogen) atoms. The molecule has 1 aliphatic carbocycles. The zero-order valence-electron chi connectivity index (χ0n) is 12.0. The van der Waals surface area contributed by atoms with E-state index in [1.54, 1.807) is 0 Å². The summed E-state index contributed by atoms with van der Waals surface area (Å²) >= 11 is 0. The summed E-state index contributed by atoms with van der Waals surface area (Å²) in [5.74, 6) is 0.750. The van der Waals surface area contributed by atoms with Gasteiger partial charge in [0.1, 0.15) is 11.5 Å². The van der Waals surface area contributed by atoms with Gasteiger partial charge >= 0.3 is 6.03 Å². The third-order valence-electron chi connectivity index (χ3n) is 3.94. The van der Waals surface area contributed by atoms with E-state index in [0.717, 1.165) is 24.3 Å². The van der Waals surface area contributed by atoms with Crippen molar-refractivity contribution < 1.29 is 9.21 Å². The number of urea groups is 1. The number of hydrogen-bond donors (Lipinski definition) is 2. The maximum atomic E-state index is 11.8. The summed E-state index contributed by atoms with van der Waals surface area (Å²) in [6, 6.07) is 0.179. The van der Waals surface area contributed by atoms with Gasteiger partial charge in [-0.25, -0.2) is 9.78 Å². The van der Waals surface area contributed by atoms with Crippen molar-refractivity contribution in [1.82, 2.24) is 15.6 Å². The monoisotopic (exact) mass is 265 g/mol. The molecule has 1 aliphatic rings. The molecule has 2 amide bonds. The third-order valence-corrected chi connectivity index (χ3v) is 3.94. The number of oxazole rings is 1. The molecule has 1 heterocycles. The average Bonchev–Trinajstić information content (AvgIpc) is 2.75. The van der Waals surface area contributed by atoms with Crippen LogP contribution in [-0.2, 0) is 6.54 Å². The summed E-state index contributed by atoms with van der Waals surface area (Å²) in [5, 5.41) is 5.85. The summed E-state index contributed by atoms with van der Waals surface area (Å²) in [4.78, 5) is 15.8. The molecule has 1 aromatic rings. The molecule has 0 bridgehead atoms. The number of nitrogens with one attached hydrogen (secondary N) is 2. The molecular formula is C14H23N3O2. The quantitative estimate of drug-likeness (QED) is 0.883. The van der Waals surface area contributed by atoms with Crippen molar-refractivity contribution in [3.05, 3.63) is 17.8 Å². The standard InChI is InChI=1S/C14H23N3O2/c1-10-12(16-9-19-10)8-15-13(18)17-11-4-6-14(2,3)7-5-11/h9,11H,4-8H2,1-3H3,(H2,15,17,18). The van der Waals surface area contributed by atoms with Gasteiger partial charge < -0.3 is 15.1 Å². The highest BCUT2D eigenvalue weighted by Crippen LogP contribution is 2.34. The zero-order valence-corrected chi connectivity index (χ0v) is 12.0. The van der Waals surface area contributed by atoms with Crippen molar-refractivity contribution >= 4 is 6.03 Å². The Morgan fingerprint density at radius 3 is 2.74 bits per heavy atom. The minimum absolute atomic E-state index is 0.118. The summed E-state index contributed by atoms with van der Waals surface area (Å²) in [5.41, 5.74) is 1.20. The van der Waals surface area contributed by atoms with Gasteiger partial charge in [0.25, 0.3) is 0 Å². The highest BCUT2D eigenvalue weighted by molar-refractivity contribution is 5.74. The second kappa shape index (κ2) is 5.63. The highest BCUT2D eigenvalue weighted by atomic mass is 16.3. The van der Waals surface area contributed by atoms with Crippen LogP contribution in [0.2, 0.25) is 0 Å². The van der Waals surface area contributed by atoms with Crippen LogP contribution in [0.3, 0.4) is 0 Å². The molecule has 0 aromatic carbocycles. The molecule has 5 nitrogen and oxygen atoms in total. The number of carbonyl (C=O) groups excluding carboxylic acids is 1. The molecule has 0 aliphatic heterocycles. The largest absolute Gasteiger partial charge is 0.448 e. The van der Waals surface area contributed by atoms with E-state index in [1.165, 1.54) is 19.2 Å². The number of amides is 2. The fourth-order valence-corrected chi connectivity index (χ4v) is 2.44. The van der Waals surface area contributed by atoms with E-state index in [-0.39, 0.29) is 6.03 Å². The number of rotatable bonds is 3. The maximum Gasteiger partial charge on any atom is 0.315 e. The molecule has 1 fully saturated rings. The van der Waals surface area contributed by atoms with E-state index < -0.39 is 0 Å². The first-order valence-corrected chi connectivity index (χ1v) is 6.90. The first-order valence-electron chi connectivity index (χ1n) is 6.90. The molecule has 0 atom stereocenters. The van der Waals surface area contributed by atoms with Crippen LogP contribution >= 0.6 is 0 Å². The lowest BCUT2D eigenvalue weighted by molar-refractivity contribution is 0.197. The Balaban J connectivity index is 1.72. The molecular weight excluding hydrogens is 242 g/mol. The smallest absolute Gasteiger partial charge is 0.315 e. The summed E-state index contributed by atoms with van der Waals surface area (Å²) in [6.07, 6.45) is 5.85. The molecule has 0 radical (unpaired) electrons. The van der Waals surface area contributed by atoms with E-state index >= 15 is 0 Å². The van der Waals surface area contributed by atoms with Crippen molar-refractivity contribution in [3.63, 3.8) is 0 Å². The molecule has 0 saturated heterocycles. The minimum atomic E-state index is -0.118. The Kier molecular flexibility index (Phi) is 4.12. The molecule has 1 saturated carbocycles. The first-order chi connectivity index (χ1) is 8.96. The van der Waals surface area contributed by atoms with Gasteiger partial charge in [0.15, 0.2) is 6.39 Å². The van der Waals surface area contributed by atoms with Crippen LogP contribution < -0.4 is 10.6 Å². The van der Waals surface area contributed by atoms with E-state index in [0.29, 0.717) is 18.0 Å².